The second-order valence-electron chi connectivity index (χ2n) is 4.91. The normalized spacial score (nSPS) is 19.2. The zero-order valence-electron chi connectivity index (χ0n) is 11.7. The lowest BCUT2D eigenvalue weighted by Crippen LogP contribution is -2.42. The van der Waals surface area contributed by atoms with Gasteiger partial charge < -0.3 is 10.2 Å². The average Bonchev–Trinajstić information content (AvgIpc) is 2.41. The molecule has 1 aliphatic rings. The van der Waals surface area contributed by atoms with Crippen molar-refractivity contribution in [2.45, 2.75) is 26.3 Å². The summed E-state index contributed by atoms with van der Waals surface area (Å²) >= 11 is 1.93. The summed E-state index contributed by atoms with van der Waals surface area (Å²) in [5, 5.41) is 3.42. The molecule has 104 valence electrons. The molecule has 0 aliphatic carbocycles. The number of thioether (sulfide) groups is 1. The number of amides is 1. The summed E-state index contributed by atoms with van der Waals surface area (Å²) in [6, 6.07) is 8.48. The topological polar surface area (TPSA) is 32.3 Å². The zero-order valence-corrected chi connectivity index (χ0v) is 12.5. The Morgan fingerprint density at radius 3 is 3.00 bits per heavy atom. The highest BCUT2D eigenvalue weighted by Gasteiger charge is 2.21. The molecule has 0 radical (unpaired) electrons. The smallest absolute Gasteiger partial charge is 0.228 e. The first-order chi connectivity index (χ1) is 9.20. The number of nitrogens with one attached hydrogen (secondary N) is 1. The van der Waals surface area contributed by atoms with E-state index in [1.165, 1.54) is 5.56 Å². The van der Waals surface area contributed by atoms with Gasteiger partial charge in [0.2, 0.25) is 5.91 Å². The molecular weight excluding hydrogens is 256 g/mol. The lowest BCUT2D eigenvalue weighted by Gasteiger charge is -2.27. The van der Waals surface area contributed by atoms with Gasteiger partial charge in [-0.15, -0.1) is 0 Å². The maximum atomic E-state index is 12.4. The van der Waals surface area contributed by atoms with Crippen LogP contribution in [0.4, 0.5) is 5.69 Å². The predicted octanol–water partition coefficient (Wildman–Crippen LogP) is 2.44. The Balaban J connectivity index is 2.02. The number of nitrogens with zero attached hydrogens (tertiary/aromatic N) is 1. The molecule has 4 heteroatoms. The Kier molecular flexibility index (Phi) is 5.28. The molecule has 1 N–H and O–H groups in total. The highest BCUT2D eigenvalue weighted by molar-refractivity contribution is 7.99. The number of hydrogen-bond acceptors (Lipinski definition) is 3. The van der Waals surface area contributed by atoms with E-state index in [2.05, 4.69) is 24.4 Å². The Morgan fingerprint density at radius 1 is 1.53 bits per heavy atom. The molecule has 1 aromatic carbocycles. The predicted molar refractivity (Wildman–Crippen MR) is 82.9 cm³/mol. The van der Waals surface area contributed by atoms with Crippen LogP contribution in [0.5, 0.6) is 0 Å². The van der Waals surface area contributed by atoms with E-state index in [1.807, 2.05) is 35.7 Å². The van der Waals surface area contributed by atoms with E-state index in [0.717, 1.165) is 30.3 Å². The van der Waals surface area contributed by atoms with E-state index in [0.29, 0.717) is 12.5 Å². The molecule has 1 unspecified atom stereocenters. The van der Waals surface area contributed by atoms with E-state index in [1.54, 1.807) is 0 Å². The van der Waals surface area contributed by atoms with Crippen molar-refractivity contribution in [1.82, 2.24) is 5.32 Å². The van der Waals surface area contributed by atoms with E-state index in [9.17, 15) is 4.79 Å². The van der Waals surface area contributed by atoms with E-state index < -0.39 is 0 Å². The fraction of sp³-hybridized carbons (Fsp3) is 0.533. The van der Waals surface area contributed by atoms with Crippen LogP contribution < -0.4 is 10.2 Å². The molecule has 1 fully saturated rings. The van der Waals surface area contributed by atoms with E-state index in [4.69, 9.17) is 0 Å². The van der Waals surface area contributed by atoms with Crippen molar-refractivity contribution in [2.75, 3.05) is 29.5 Å². The molecule has 19 heavy (non-hydrogen) atoms. The molecule has 3 nitrogen and oxygen atoms in total. The van der Waals surface area contributed by atoms with Gasteiger partial charge in [-0.2, -0.15) is 11.8 Å². The number of benzene rings is 1. The van der Waals surface area contributed by atoms with Crippen molar-refractivity contribution in [3.63, 3.8) is 0 Å². The molecule has 1 amide bonds. The van der Waals surface area contributed by atoms with Crippen LogP contribution in [0.25, 0.3) is 0 Å². The van der Waals surface area contributed by atoms with Crippen molar-refractivity contribution in [3.05, 3.63) is 29.8 Å². The summed E-state index contributed by atoms with van der Waals surface area (Å²) in [6.07, 6.45) is 0.592. The Morgan fingerprint density at radius 2 is 2.37 bits per heavy atom. The van der Waals surface area contributed by atoms with Gasteiger partial charge in [-0.1, -0.05) is 12.1 Å². The van der Waals surface area contributed by atoms with Crippen LogP contribution in [0.1, 0.15) is 18.9 Å². The number of anilines is 1. The quantitative estimate of drug-likeness (QED) is 0.918. The second-order valence-corrected chi connectivity index (χ2v) is 6.06. The summed E-state index contributed by atoms with van der Waals surface area (Å²) < 4.78 is 0. The molecule has 1 atom stereocenters. The number of aryl methyl sites for hydroxylation is 1. The first-order valence-electron chi connectivity index (χ1n) is 6.89. The third kappa shape index (κ3) is 3.98. The highest BCUT2D eigenvalue weighted by Crippen LogP contribution is 2.18. The van der Waals surface area contributed by atoms with Crippen molar-refractivity contribution in [3.8, 4) is 0 Å². The molecule has 0 aromatic heterocycles. The summed E-state index contributed by atoms with van der Waals surface area (Å²) in [6.45, 7) is 5.83. The Labute approximate surface area is 119 Å². The third-order valence-electron chi connectivity index (χ3n) is 3.35. The molecule has 2 rings (SSSR count). The van der Waals surface area contributed by atoms with Gasteiger partial charge in [0.25, 0.3) is 0 Å². The average molecular weight is 278 g/mol. The maximum absolute atomic E-state index is 12.4. The number of carbonyl (C=O) groups is 1. The van der Waals surface area contributed by atoms with Gasteiger partial charge in [-0.25, -0.2) is 0 Å². The SMILES string of the molecule is CCN(C(=O)CC1CSCCN1)c1cccc(C)c1. The monoisotopic (exact) mass is 278 g/mol. The molecule has 0 spiro atoms. The largest absolute Gasteiger partial charge is 0.313 e. The van der Waals surface area contributed by atoms with Gasteiger partial charge in [0.05, 0.1) is 0 Å². The fourth-order valence-electron chi connectivity index (χ4n) is 2.37. The standard InChI is InChI=1S/C15H22N2OS/c1-3-17(14-6-4-5-12(2)9-14)15(18)10-13-11-19-8-7-16-13/h4-6,9,13,16H,3,7-8,10-11H2,1-2H3. The third-order valence-corrected chi connectivity index (χ3v) is 4.48. The Bertz CT molecular complexity index is 430. The summed E-state index contributed by atoms with van der Waals surface area (Å²) in [4.78, 5) is 14.3. The Hall–Kier alpha value is -1.00. The minimum Gasteiger partial charge on any atom is -0.313 e. The van der Waals surface area contributed by atoms with Crippen LogP contribution in [0, 0.1) is 6.92 Å². The van der Waals surface area contributed by atoms with Crippen LogP contribution in [-0.4, -0.2) is 36.5 Å². The van der Waals surface area contributed by atoms with Gasteiger partial charge in [-0.05, 0) is 31.5 Å². The van der Waals surface area contributed by atoms with Crippen LogP contribution in [0.2, 0.25) is 0 Å². The zero-order chi connectivity index (χ0) is 13.7. The van der Waals surface area contributed by atoms with E-state index >= 15 is 0 Å². The lowest BCUT2D eigenvalue weighted by molar-refractivity contribution is -0.118. The van der Waals surface area contributed by atoms with Gasteiger partial charge in [0, 0.05) is 42.7 Å². The highest BCUT2D eigenvalue weighted by atomic mass is 32.2. The van der Waals surface area contributed by atoms with Gasteiger partial charge in [0.15, 0.2) is 0 Å². The number of hydrogen-bond donors (Lipinski definition) is 1. The first kappa shape index (κ1) is 14.4. The van der Waals surface area contributed by atoms with Gasteiger partial charge in [-0.3, -0.25) is 4.79 Å². The molecule has 1 saturated heterocycles. The summed E-state index contributed by atoms with van der Waals surface area (Å²) in [5.74, 6) is 2.41. The molecule has 0 bridgehead atoms. The fourth-order valence-corrected chi connectivity index (χ4v) is 3.32. The van der Waals surface area contributed by atoms with Crippen molar-refractivity contribution in [1.29, 1.82) is 0 Å². The minimum atomic E-state index is 0.216. The van der Waals surface area contributed by atoms with Crippen LogP contribution in [0.15, 0.2) is 24.3 Å². The number of rotatable bonds is 4. The molecule has 1 aliphatic heterocycles. The van der Waals surface area contributed by atoms with Crippen LogP contribution in [0.3, 0.4) is 0 Å². The van der Waals surface area contributed by atoms with E-state index in [-0.39, 0.29) is 5.91 Å². The van der Waals surface area contributed by atoms with Crippen molar-refractivity contribution < 1.29 is 4.79 Å². The van der Waals surface area contributed by atoms with Gasteiger partial charge >= 0.3 is 0 Å². The summed E-state index contributed by atoms with van der Waals surface area (Å²) in [5.41, 5.74) is 2.20. The number of carbonyl (C=O) groups excluding carboxylic acids is 1. The first-order valence-corrected chi connectivity index (χ1v) is 8.04. The molecule has 1 heterocycles. The van der Waals surface area contributed by atoms with Crippen LogP contribution in [-0.2, 0) is 4.79 Å². The van der Waals surface area contributed by atoms with Crippen LogP contribution >= 0.6 is 11.8 Å². The molecular formula is C15H22N2OS. The van der Waals surface area contributed by atoms with Gasteiger partial charge in [0.1, 0.15) is 0 Å². The minimum absolute atomic E-state index is 0.216. The molecule has 0 saturated carbocycles. The molecule has 1 aromatic rings. The van der Waals surface area contributed by atoms with Crippen molar-refractivity contribution in [2.24, 2.45) is 0 Å². The summed E-state index contributed by atoms with van der Waals surface area (Å²) in [7, 11) is 0. The van der Waals surface area contributed by atoms with Crippen molar-refractivity contribution >= 4 is 23.4 Å². The lowest BCUT2D eigenvalue weighted by atomic mass is 10.1. The maximum Gasteiger partial charge on any atom is 0.228 e. The second kappa shape index (κ2) is 6.96.